The molecule has 0 saturated carbocycles. The summed E-state index contributed by atoms with van der Waals surface area (Å²) >= 11 is 0. The van der Waals surface area contributed by atoms with Gasteiger partial charge in [0.25, 0.3) is 6.43 Å². The Morgan fingerprint density at radius 3 is 2.77 bits per heavy atom. The summed E-state index contributed by atoms with van der Waals surface area (Å²) in [5, 5.41) is 0. The first-order valence-electron chi connectivity index (χ1n) is 8.84. The maximum Gasteiger partial charge on any atom is 0.280 e. The van der Waals surface area contributed by atoms with Gasteiger partial charge in [0.2, 0.25) is 0 Å². The van der Waals surface area contributed by atoms with Gasteiger partial charge < -0.3 is 0 Å². The summed E-state index contributed by atoms with van der Waals surface area (Å²) in [6.07, 6.45) is 7.01. The summed E-state index contributed by atoms with van der Waals surface area (Å²) < 4.78 is 27.9. The first-order valence-corrected chi connectivity index (χ1v) is 8.84. The number of halogens is 2. The highest BCUT2D eigenvalue weighted by Gasteiger charge is 2.19. The van der Waals surface area contributed by atoms with Crippen molar-refractivity contribution in [1.82, 2.24) is 19.4 Å². The van der Waals surface area contributed by atoms with Crippen molar-refractivity contribution in [3.8, 4) is 0 Å². The number of hydrogen-bond acceptors (Lipinski definition) is 3. The molecule has 3 heterocycles. The van der Waals surface area contributed by atoms with Gasteiger partial charge in [0.15, 0.2) is 0 Å². The van der Waals surface area contributed by atoms with E-state index in [2.05, 4.69) is 29.9 Å². The zero-order chi connectivity index (χ0) is 18.3. The van der Waals surface area contributed by atoms with Crippen molar-refractivity contribution in [2.75, 3.05) is 0 Å². The standard InChI is InChI=1S/C20H20F2N4/c1-12(2)8-18-23-9-15-14(4-3-5-16(15)25-18)13-6-7-19-24-10-17(20(21)22)26(19)11-13/h4,6-7,9-12,20H,3,5,8H2,1-2H3. The highest BCUT2D eigenvalue weighted by atomic mass is 19.3. The lowest BCUT2D eigenvalue weighted by atomic mass is 9.91. The molecule has 0 atom stereocenters. The number of allylic oxidation sites excluding steroid dienone is 1. The van der Waals surface area contributed by atoms with Crippen LogP contribution in [0, 0.1) is 5.92 Å². The Morgan fingerprint density at radius 1 is 1.15 bits per heavy atom. The lowest BCUT2D eigenvalue weighted by Gasteiger charge is -2.18. The van der Waals surface area contributed by atoms with E-state index in [9.17, 15) is 8.78 Å². The first-order chi connectivity index (χ1) is 12.5. The van der Waals surface area contributed by atoms with Crippen LogP contribution in [0.1, 0.15) is 55.0 Å². The van der Waals surface area contributed by atoms with Crippen molar-refractivity contribution in [1.29, 1.82) is 0 Å². The number of fused-ring (bicyclic) bond motifs is 2. The van der Waals surface area contributed by atoms with E-state index in [-0.39, 0.29) is 5.69 Å². The lowest BCUT2D eigenvalue weighted by Crippen LogP contribution is -2.10. The predicted octanol–water partition coefficient (Wildman–Crippen LogP) is 4.64. The fourth-order valence-electron chi connectivity index (χ4n) is 3.39. The summed E-state index contributed by atoms with van der Waals surface area (Å²) in [5.41, 5.74) is 4.32. The van der Waals surface area contributed by atoms with Gasteiger partial charge in [-0.2, -0.15) is 0 Å². The Bertz CT molecular complexity index is 989. The van der Waals surface area contributed by atoms with Crippen LogP contribution in [0.15, 0.2) is 36.8 Å². The quantitative estimate of drug-likeness (QED) is 0.686. The molecule has 4 rings (SSSR count). The van der Waals surface area contributed by atoms with Crippen molar-refractivity contribution < 1.29 is 8.78 Å². The number of hydrogen-bond donors (Lipinski definition) is 0. The van der Waals surface area contributed by atoms with Crippen molar-refractivity contribution in [2.24, 2.45) is 5.92 Å². The fourth-order valence-corrected chi connectivity index (χ4v) is 3.39. The van der Waals surface area contributed by atoms with E-state index in [1.54, 1.807) is 12.3 Å². The van der Waals surface area contributed by atoms with Crippen LogP contribution < -0.4 is 0 Å². The molecule has 0 N–H and O–H groups in total. The van der Waals surface area contributed by atoms with Gasteiger partial charge in [0.1, 0.15) is 17.2 Å². The minimum atomic E-state index is -2.56. The molecule has 1 aliphatic rings. The number of imidazole rings is 1. The normalized spacial score (nSPS) is 14.2. The molecule has 1 aliphatic carbocycles. The van der Waals surface area contributed by atoms with E-state index in [4.69, 9.17) is 4.98 Å². The zero-order valence-electron chi connectivity index (χ0n) is 14.8. The van der Waals surface area contributed by atoms with Crippen LogP contribution in [0.5, 0.6) is 0 Å². The van der Waals surface area contributed by atoms with Gasteiger partial charge in [-0.3, -0.25) is 4.40 Å². The Morgan fingerprint density at radius 2 is 2.00 bits per heavy atom. The second kappa shape index (κ2) is 6.59. The molecule has 0 bridgehead atoms. The van der Waals surface area contributed by atoms with E-state index >= 15 is 0 Å². The van der Waals surface area contributed by atoms with Crippen molar-refractivity contribution >= 4 is 11.2 Å². The first kappa shape index (κ1) is 16.8. The monoisotopic (exact) mass is 354 g/mol. The molecule has 0 aromatic carbocycles. The summed E-state index contributed by atoms with van der Waals surface area (Å²) in [7, 11) is 0. The Balaban J connectivity index is 1.76. The third-order valence-corrected chi connectivity index (χ3v) is 4.60. The second-order valence-corrected chi connectivity index (χ2v) is 7.03. The van der Waals surface area contributed by atoms with Gasteiger partial charge in [-0.15, -0.1) is 0 Å². The summed E-state index contributed by atoms with van der Waals surface area (Å²) in [6, 6.07) is 3.69. The SMILES string of the molecule is CC(C)Cc1ncc2c(n1)CCC=C2c1ccc2ncc(C(F)F)n2c1. The summed E-state index contributed by atoms with van der Waals surface area (Å²) in [4.78, 5) is 13.3. The molecule has 134 valence electrons. The van der Waals surface area contributed by atoms with Crippen LogP contribution in [0.3, 0.4) is 0 Å². The molecule has 3 aromatic rings. The maximum atomic E-state index is 13.2. The molecule has 0 unspecified atom stereocenters. The highest BCUT2D eigenvalue weighted by molar-refractivity contribution is 5.81. The van der Waals surface area contributed by atoms with Crippen LogP contribution >= 0.6 is 0 Å². The molecular formula is C20H20F2N4. The molecule has 0 fully saturated rings. The highest BCUT2D eigenvalue weighted by Crippen LogP contribution is 2.31. The third kappa shape index (κ3) is 3.00. The molecule has 0 amide bonds. The molecule has 0 saturated heterocycles. The van der Waals surface area contributed by atoms with Gasteiger partial charge in [0.05, 0.1) is 11.9 Å². The topological polar surface area (TPSA) is 43.1 Å². The van der Waals surface area contributed by atoms with Crippen LogP contribution in [0.4, 0.5) is 8.78 Å². The zero-order valence-corrected chi connectivity index (χ0v) is 14.8. The number of aromatic nitrogens is 4. The smallest absolute Gasteiger partial charge is 0.280 e. The van der Waals surface area contributed by atoms with Crippen LogP contribution in [0.25, 0.3) is 11.2 Å². The van der Waals surface area contributed by atoms with E-state index in [1.807, 2.05) is 12.3 Å². The molecule has 0 aliphatic heterocycles. The minimum Gasteiger partial charge on any atom is -0.298 e. The van der Waals surface area contributed by atoms with Crippen LogP contribution in [0.2, 0.25) is 0 Å². The number of nitrogens with zero attached hydrogens (tertiary/aromatic N) is 4. The maximum absolute atomic E-state index is 13.2. The Labute approximate surface area is 150 Å². The van der Waals surface area contributed by atoms with Crippen LogP contribution in [-0.2, 0) is 12.8 Å². The molecule has 26 heavy (non-hydrogen) atoms. The predicted molar refractivity (Wildman–Crippen MR) is 96.1 cm³/mol. The van der Waals surface area contributed by atoms with Crippen molar-refractivity contribution in [2.45, 2.75) is 39.5 Å². The molecule has 6 heteroatoms. The summed E-state index contributed by atoms with van der Waals surface area (Å²) in [5.74, 6) is 1.37. The average Bonchev–Trinajstić information content (AvgIpc) is 3.04. The number of pyridine rings is 1. The average molecular weight is 354 g/mol. The number of alkyl halides is 2. The third-order valence-electron chi connectivity index (χ3n) is 4.60. The Kier molecular flexibility index (Phi) is 4.26. The molecule has 3 aromatic heterocycles. The second-order valence-electron chi connectivity index (χ2n) is 7.03. The van der Waals surface area contributed by atoms with Crippen molar-refractivity contribution in [3.63, 3.8) is 0 Å². The van der Waals surface area contributed by atoms with E-state index in [1.165, 1.54) is 10.6 Å². The van der Waals surface area contributed by atoms with Gasteiger partial charge in [0, 0.05) is 24.4 Å². The largest absolute Gasteiger partial charge is 0.298 e. The van der Waals surface area contributed by atoms with Gasteiger partial charge in [-0.25, -0.2) is 23.7 Å². The number of rotatable bonds is 4. The van der Waals surface area contributed by atoms with Gasteiger partial charge >= 0.3 is 0 Å². The van der Waals surface area contributed by atoms with Gasteiger partial charge in [-0.05, 0) is 42.0 Å². The van der Waals surface area contributed by atoms with E-state index < -0.39 is 6.43 Å². The molecule has 4 nitrogen and oxygen atoms in total. The minimum absolute atomic E-state index is 0.0954. The van der Waals surface area contributed by atoms with Crippen LogP contribution in [-0.4, -0.2) is 19.4 Å². The Hall–Kier alpha value is -2.63. The molecule has 0 spiro atoms. The number of aryl methyl sites for hydroxylation is 1. The molecule has 0 radical (unpaired) electrons. The molecular weight excluding hydrogens is 334 g/mol. The summed E-state index contributed by atoms with van der Waals surface area (Å²) in [6.45, 7) is 4.30. The van der Waals surface area contributed by atoms with Crippen molar-refractivity contribution in [3.05, 3.63) is 65.1 Å². The van der Waals surface area contributed by atoms with E-state index in [0.717, 1.165) is 47.5 Å². The lowest BCUT2D eigenvalue weighted by molar-refractivity contribution is 0.145. The van der Waals surface area contributed by atoms with Gasteiger partial charge in [-0.1, -0.05) is 19.9 Å². The van der Waals surface area contributed by atoms with E-state index in [0.29, 0.717) is 11.6 Å². The fraction of sp³-hybridized carbons (Fsp3) is 0.350.